The second kappa shape index (κ2) is 49.4. The number of likely N-dealkylation sites (N-methyl/N-ethyl adjacent to an activating group) is 2. The van der Waals surface area contributed by atoms with Crippen LogP contribution >= 0.6 is 0 Å². The number of fused-ring (bicyclic) bond motifs is 2. The van der Waals surface area contributed by atoms with Crippen molar-refractivity contribution >= 4 is 76.2 Å². The van der Waals surface area contributed by atoms with Gasteiger partial charge in [-0.2, -0.15) is 0 Å². The van der Waals surface area contributed by atoms with Crippen LogP contribution in [-0.4, -0.2) is 293 Å². The Hall–Kier alpha value is -10.0. The van der Waals surface area contributed by atoms with Crippen molar-refractivity contribution in [3.63, 3.8) is 0 Å². The maximum Gasteiger partial charge on any atom is 0.410 e. The second-order valence-corrected chi connectivity index (χ2v) is 39.1. The second-order valence-electron chi connectivity index (χ2n) is 39.1. The average molecular weight is 1940 g/mol. The zero-order valence-electron chi connectivity index (χ0n) is 84.1. The van der Waals surface area contributed by atoms with Gasteiger partial charge in [-0.15, -0.1) is 11.1 Å². The number of carbonyl (C=O) groups is 9. The highest BCUT2D eigenvalue weighted by Gasteiger charge is 2.63. The van der Waals surface area contributed by atoms with E-state index in [1.54, 1.807) is 127 Å². The van der Waals surface area contributed by atoms with Crippen molar-refractivity contribution in [1.82, 2.24) is 51.5 Å². The monoisotopic (exact) mass is 1940 g/mol. The third-order valence-electron chi connectivity index (χ3n) is 28.7. The first-order chi connectivity index (χ1) is 63.4. The number of hydrogen-bond donors (Lipinski definition) is 7. The van der Waals surface area contributed by atoms with Crippen LogP contribution in [-0.2, 0) is 80.8 Å². The molecule has 8 heterocycles. The third kappa shape index (κ3) is 25.8. The Balaban J connectivity index is 0.000000365. The fraction of sp³-hybridized carbons (Fsp3) is 0.630. The number of amides is 2. The van der Waals surface area contributed by atoms with E-state index in [1.807, 2.05) is 157 Å². The van der Waals surface area contributed by atoms with Gasteiger partial charge in [0.15, 0.2) is 41.8 Å². The van der Waals surface area contributed by atoms with Gasteiger partial charge in [0.05, 0.1) is 94.3 Å². The molecule has 6 saturated heterocycles. The van der Waals surface area contributed by atoms with Crippen LogP contribution in [0.2, 0.25) is 0 Å². The van der Waals surface area contributed by atoms with E-state index < -0.39 is 179 Å². The predicted octanol–water partition coefficient (Wildman–Crippen LogP) is 7.97. The SMILES string of the molecule is CCC1OC(=O)[C@H](C)C(=O)[C@H](C)[C@@H](OC2O[C@H](C)C[C@H](N(C)C)[C@H]2OC(=O)c2ccccc2)[C@@](C)(OC)C[C@@H](C)C(=O)[C@H](C)C2N(CCCCN3C=C(c4cccc(N)c4)NN3)C(=O)O[C@]12C.CCC1OC(=O)[C@H](C)[C@@H](O)[C@H](C)[C@@H](OC2O[C@H](C)C[C@H](N(C)C)[C@H]2OC(=O)c2ccccc2)[C@@](C)(OC)C[C@@H](C)C(=O)[C@H](C)C2N(CCCCN3C=C(c4cccc(N)c4)NN3)C(=O)O[C@]12C.O.O.O.O. The first-order valence-corrected chi connectivity index (χ1v) is 47.4. The number of nitrogens with one attached hydrogen (secondary N) is 4. The predicted molar refractivity (Wildman–Crippen MR) is 516 cm³/mol. The van der Waals surface area contributed by atoms with Gasteiger partial charge in [-0.25, -0.2) is 19.2 Å². The molecule has 8 aliphatic rings. The number of cyclic esters (lactones) is 2. The quantitative estimate of drug-likeness (QED) is 0.0103. The number of aliphatic hydroxyl groups excluding tert-OH is 1. The minimum atomic E-state index is -1.44. The van der Waals surface area contributed by atoms with Crippen LogP contribution in [0.4, 0.5) is 21.0 Å². The summed E-state index contributed by atoms with van der Waals surface area (Å²) in [5, 5.41) is 16.0. The Labute approximate surface area is 811 Å². The minimum absolute atomic E-state index is 0. The molecule has 12 rings (SSSR count). The molecule has 0 aromatic heterocycles. The highest BCUT2D eigenvalue weighted by Crippen LogP contribution is 2.48. The van der Waals surface area contributed by atoms with Crippen molar-refractivity contribution < 1.29 is 127 Å². The number of anilines is 2. The van der Waals surface area contributed by atoms with E-state index in [9.17, 15) is 48.3 Å². The Morgan fingerprint density at radius 1 is 0.493 bits per heavy atom. The summed E-state index contributed by atoms with van der Waals surface area (Å²) in [6.07, 6.45) is -3.31. The largest absolute Gasteiger partial charge is 0.458 e. The number of nitrogens with zero attached hydrogens (tertiary/aromatic N) is 6. The number of hydrazine groups is 4. The summed E-state index contributed by atoms with van der Waals surface area (Å²) in [5.41, 5.74) is 24.8. The molecule has 770 valence electrons. The molecule has 38 nitrogen and oxygen atoms in total. The number of ketones is 3. The molecule has 0 bridgehead atoms. The number of methoxy groups -OCH3 is 2. The molecule has 38 heteroatoms. The summed E-state index contributed by atoms with van der Waals surface area (Å²) in [6.45, 7) is 30.0. The minimum Gasteiger partial charge on any atom is -0.458 e. The lowest BCUT2D eigenvalue weighted by Gasteiger charge is -2.48. The number of ether oxygens (including phenoxy) is 12. The summed E-state index contributed by atoms with van der Waals surface area (Å²) in [6, 6.07) is 30.1. The van der Waals surface area contributed by atoms with Crippen molar-refractivity contribution in [2.75, 3.05) is 80.1 Å². The molecule has 0 spiro atoms. The molecule has 4 aromatic rings. The maximum absolute atomic E-state index is 15.0. The molecule has 27 atom stereocenters. The molecule has 6 fully saturated rings. The van der Waals surface area contributed by atoms with E-state index in [0.717, 1.165) is 22.5 Å². The van der Waals surface area contributed by atoms with E-state index in [-0.39, 0.29) is 96.5 Å². The zero-order chi connectivity index (χ0) is 97.9. The van der Waals surface area contributed by atoms with Crippen LogP contribution in [0.25, 0.3) is 11.4 Å². The van der Waals surface area contributed by atoms with Crippen LogP contribution < -0.4 is 33.4 Å². The van der Waals surface area contributed by atoms with Crippen molar-refractivity contribution in [2.24, 2.45) is 47.3 Å². The molecule has 17 N–H and O–H groups in total. The van der Waals surface area contributed by atoms with E-state index in [4.69, 9.17) is 68.3 Å². The van der Waals surface area contributed by atoms with Gasteiger partial charge in [0.2, 0.25) is 0 Å². The number of carbonyl (C=O) groups excluding carboxylic acids is 9. The van der Waals surface area contributed by atoms with Gasteiger partial charge in [0.1, 0.15) is 29.7 Å². The van der Waals surface area contributed by atoms with Gasteiger partial charge in [-0.1, -0.05) is 116 Å². The third-order valence-corrected chi connectivity index (χ3v) is 28.7. The van der Waals surface area contributed by atoms with Gasteiger partial charge in [0, 0.05) is 111 Å². The molecule has 8 aliphatic heterocycles. The maximum atomic E-state index is 15.0. The lowest BCUT2D eigenvalue weighted by atomic mass is 9.73. The highest BCUT2D eigenvalue weighted by atomic mass is 16.7. The number of Topliss-reactive ketones (excluding diaryl/α,β-unsaturated/α-hetero) is 3. The van der Waals surface area contributed by atoms with Gasteiger partial charge in [0.25, 0.3) is 0 Å². The number of nitrogens with two attached hydrogens (primary N) is 2. The lowest BCUT2D eigenvalue weighted by Crippen LogP contribution is -2.61. The molecule has 0 radical (unpaired) electrons. The van der Waals surface area contributed by atoms with Crippen molar-refractivity contribution in [3.05, 3.63) is 144 Å². The Morgan fingerprint density at radius 3 is 1.25 bits per heavy atom. The van der Waals surface area contributed by atoms with Crippen LogP contribution in [0.15, 0.2) is 122 Å². The molecule has 0 aliphatic carbocycles. The van der Waals surface area contributed by atoms with E-state index in [0.29, 0.717) is 74.1 Å². The number of benzene rings is 4. The number of aliphatic hydroxyl groups is 1. The van der Waals surface area contributed by atoms with Gasteiger partial charge in [-0.3, -0.25) is 34.0 Å². The number of hydrogen-bond acceptors (Lipinski definition) is 32. The highest BCUT2D eigenvalue weighted by molar-refractivity contribution is 6.00. The standard InChI is InChI=1S/C50H74N6O11.C50H72N6O11.4H2O/c2*1-12-39-50(8)43(56(48(61)67-50)24-17-16-23-55-28-37(52-53-55)35-21-18-22-36(51)26-35)31(4)40(57)29(2)27-49(7,62-11)44(32(5)41(58)33(6)45(59)64-39)66-47-42(38(54(9)10)25-30(3)63-47)65-46(60)34-19-14-13-15-20-34;;;;/h13-15,18-22,26,28-33,38-39,41-44,47,52-53,58H,12,16-17,23-25,27,51H2,1-11H3;13-15,18-22,26,28-33,38-39,42-44,47,52-53H,12,16-17,23-25,27,51H2,1-11H3;4*1H2/t29-,30-,31+,32+,33-,38+,39?,41+,42-,43?,44-,47?,49+,50-;29-,30-,31+,32+,33-,38+,39?,42-,43?,44-,47?,49+,50-;;;;/m11..../s1. The van der Waals surface area contributed by atoms with Crippen LogP contribution in [0.3, 0.4) is 0 Å². The summed E-state index contributed by atoms with van der Waals surface area (Å²) in [4.78, 5) is 136. The first kappa shape index (κ1) is 115. The number of rotatable bonds is 26. The molecule has 0 saturated carbocycles. The zero-order valence-corrected chi connectivity index (χ0v) is 84.1. The number of nitrogen functional groups attached to an aromatic ring is 2. The fourth-order valence-electron chi connectivity index (χ4n) is 21.1. The van der Waals surface area contributed by atoms with Crippen LogP contribution in [0.5, 0.6) is 0 Å². The summed E-state index contributed by atoms with van der Waals surface area (Å²) < 4.78 is 76.8. The normalized spacial score (nSPS) is 33.7. The summed E-state index contributed by atoms with van der Waals surface area (Å²) >= 11 is 0. The Kier molecular flexibility index (Phi) is 41.2. The average Bonchev–Trinajstić information content (AvgIpc) is 1.58. The topological polar surface area (TPSA) is 530 Å². The summed E-state index contributed by atoms with van der Waals surface area (Å²) in [5.74, 6) is -10.6. The van der Waals surface area contributed by atoms with Gasteiger partial charge in [-0.05, 0) is 196 Å². The van der Waals surface area contributed by atoms with Crippen molar-refractivity contribution in [3.8, 4) is 0 Å². The number of esters is 4. The molecule has 2 amide bonds. The Bertz CT molecular complexity index is 4790. The van der Waals surface area contributed by atoms with E-state index >= 15 is 0 Å². The first-order valence-electron chi connectivity index (χ1n) is 47.4. The molecular formula is C100H154N12O26. The Morgan fingerprint density at radius 2 is 0.870 bits per heavy atom. The van der Waals surface area contributed by atoms with E-state index in [1.165, 1.54) is 21.1 Å². The lowest BCUT2D eigenvalue weighted by molar-refractivity contribution is -0.300. The number of unbranched alkanes of at least 4 members (excludes halogenated alkanes) is 2. The molecule has 6 unspecified atom stereocenters. The van der Waals surface area contributed by atoms with Crippen LogP contribution in [0, 0.1) is 47.3 Å². The molecule has 4 aromatic carbocycles. The molecule has 138 heavy (non-hydrogen) atoms. The van der Waals surface area contributed by atoms with Crippen LogP contribution in [0.1, 0.15) is 207 Å². The van der Waals surface area contributed by atoms with Gasteiger partial charge < -0.3 is 126 Å². The smallest absolute Gasteiger partial charge is 0.410 e. The summed E-state index contributed by atoms with van der Waals surface area (Å²) in [7, 11) is 10.6. The van der Waals surface area contributed by atoms with E-state index in [2.05, 4.69) is 21.9 Å². The van der Waals surface area contributed by atoms with Crippen molar-refractivity contribution in [1.29, 1.82) is 0 Å². The van der Waals surface area contributed by atoms with Crippen molar-refractivity contribution in [2.45, 2.75) is 289 Å². The fourth-order valence-corrected chi connectivity index (χ4v) is 21.1. The van der Waals surface area contributed by atoms with Gasteiger partial charge >= 0.3 is 36.1 Å². The molecular weight excluding hydrogens is 1790 g/mol.